The third-order valence-electron chi connectivity index (χ3n) is 2.20. The molecule has 19 heavy (non-hydrogen) atoms. The number of aromatic nitrogens is 2. The highest BCUT2D eigenvalue weighted by Crippen LogP contribution is 2.26. The molecular formula is C11H9F2N3OS2. The summed E-state index contributed by atoms with van der Waals surface area (Å²) in [6.45, 7) is 1.63. The van der Waals surface area contributed by atoms with Gasteiger partial charge < -0.3 is 5.32 Å². The molecule has 0 aliphatic rings. The van der Waals surface area contributed by atoms with Gasteiger partial charge in [-0.3, -0.25) is 4.79 Å². The number of thioether (sulfide) groups is 1. The van der Waals surface area contributed by atoms with Crippen LogP contribution in [0.3, 0.4) is 0 Å². The number of hydrogen-bond donors (Lipinski definition) is 1. The average molecular weight is 301 g/mol. The lowest BCUT2D eigenvalue weighted by Gasteiger charge is -2.11. The van der Waals surface area contributed by atoms with Gasteiger partial charge in [0, 0.05) is 0 Å². The summed E-state index contributed by atoms with van der Waals surface area (Å²) in [7, 11) is 0. The van der Waals surface area contributed by atoms with Gasteiger partial charge in [-0.1, -0.05) is 29.2 Å². The fourth-order valence-corrected chi connectivity index (χ4v) is 2.89. The third kappa shape index (κ3) is 3.48. The second-order valence-electron chi connectivity index (χ2n) is 3.55. The number of carbonyl (C=O) groups is 1. The summed E-state index contributed by atoms with van der Waals surface area (Å²) in [4.78, 5) is 11.8. The average Bonchev–Trinajstić information content (AvgIpc) is 2.86. The first-order valence-corrected chi connectivity index (χ1v) is 7.01. The maximum absolute atomic E-state index is 13.4. The van der Waals surface area contributed by atoms with Gasteiger partial charge in [0.1, 0.15) is 22.8 Å². The van der Waals surface area contributed by atoms with Gasteiger partial charge in [0.15, 0.2) is 4.34 Å². The van der Waals surface area contributed by atoms with E-state index in [1.807, 2.05) is 0 Å². The zero-order chi connectivity index (χ0) is 13.8. The smallest absolute Gasteiger partial charge is 0.237 e. The molecule has 1 heterocycles. The molecule has 2 aromatic rings. The standard InChI is InChI=1S/C11H9F2N3OS2/c1-6(19-11-16-14-5-18-11)10(17)15-9-7(12)3-2-4-8(9)13/h2-6H,1H3,(H,15,17)/t6-/m1/s1. The Hall–Kier alpha value is -1.54. The maximum Gasteiger partial charge on any atom is 0.237 e. The van der Waals surface area contributed by atoms with Crippen LogP contribution in [0, 0.1) is 11.6 Å². The minimum atomic E-state index is -0.804. The molecule has 0 saturated heterocycles. The highest BCUT2D eigenvalue weighted by atomic mass is 32.2. The second-order valence-corrected chi connectivity index (χ2v) is 5.97. The highest BCUT2D eigenvalue weighted by molar-refractivity contribution is 8.02. The minimum absolute atomic E-state index is 0.433. The van der Waals surface area contributed by atoms with E-state index in [2.05, 4.69) is 15.5 Å². The number of amides is 1. The minimum Gasteiger partial charge on any atom is -0.320 e. The van der Waals surface area contributed by atoms with Gasteiger partial charge in [-0.15, -0.1) is 10.2 Å². The molecule has 0 unspecified atom stereocenters. The molecule has 0 spiro atoms. The van der Waals surface area contributed by atoms with Crippen LogP contribution in [0.25, 0.3) is 0 Å². The Morgan fingerprint density at radius 2 is 2.11 bits per heavy atom. The number of nitrogens with one attached hydrogen (secondary N) is 1. The first-order valence-electron chi connectivity index (χ1n) is 5.25. The Morgan fingerprint density at radius 1 is 1.42 bits per heavy atom. The topological polar surface area (TPSA) is 54.9 Å². The van der Waals surface area contributed by atoms with Crippen LogP contribution in [0.2, 0.25) is 0 Å². The summed E-state index contributed by atoms with van der Waals surface area (Å²) in [5, 5.41) is 9.13. The lowest BCUT2D eigenvalue weighted by molar-refractivity contribution is -0.115. The van der Waals surface area contributed by atoms with E-state index >= 15 is 0 Å². The van der Waals surface area contributed by atoms with Gasteiger partial charge in [0.05, 0.1) is 5.25 Å². The van der Waals surface area contributed by atoms with Crippen molar-refractivity contribution in [2.45, 2.75) is 16.5 Å². The summed E-state index contributed by atoms with van der Waals surface area (Å²) >= 11 is 2.47. The van der Waals surface area contributed by atoms with Crippen LogP contribution in [-0.4, -0.2) is 21.4 Å². The number of anilines is 1. The molecule has 0 saturated carbocycles. The van der Waals surface area contributed by atoms with E-state index in [1.54, 1.807) is 12.4 Å². The van der Waals surface area contributed by atoms with Gasteiger partial charge in [-0.05, 0) is 19.1 Å². The van der Waals surface area contributed by atoms with Gasteiger partial charge in [0.2, 0.25) is 5.91 Å². The van der Waals surface area contributed by atoms with Crippen LogP contribution < -0.4 is 5.32 Å². The Morgan fingerprint density at radius 3 is 2.68 bits per heavy atom. The Bertz CT molecular complexity index is 557. The Kier molecular flexibility index (Phi) is 4.43. The number of nitrogens with zero attached hydrogens (tertiary/aromatic N) is 2. The fourth-order valence-electron chi connectivity index (χ4n) is 1.26. The Labute approximate surface area is 116 Å². The molecule has 1 amide bonds. The van der Waals surface area contributed by atoms with Gasteiger partial charge in [0.25, 0.3) is 0 Å². The summed E-state index contributed by atoms with van der Waals surface area (Å²) in [6.07, 6.45) is 0. The molecule has 0 bridgehead atoms. The van der Waals surface area contributed by atoms with Crippen LogP contribution in [0.4, 0.5) is 14.5 Å². The lowest BCUT2D eigenvalue weighted by atomic mass is 10.3. The van der Waals surface area contributed by atoms with Crippen molar-refractivity contribution in [3.63, 3.8) is 0 Å². The van der Waals surface area contributed by atoms with Gasteiger partial charge in [-0.2, -0.15) is 0 Å². The van der Waals surface area contributed by atoms with E-state index in [0.29, 0.717) is 4.34 Å². The van der Waals surface area contributed by atoms with Crippen molar-refractivity contribution < 1.29 is 13.6 Å². The molecule has 0 fully saturated rings. The Balaban J connectivity index is 2.04. The predicted octanol–water partition coefficient (Wildman–Crippen LogP) is 2.94. The van der Waals surface area contributed by atoms with E-state index < -0.39 is 28.5 Å². The van der Waals surface area contributed by atoms with Crippen molar-refractivity contribution in [1.29, 1.82) is 0 Å². The van der Waals surface area contributed by atoms with Crippen molar-refractivity contribution in [2.75, 3.05) is 5.32 Å². The van der Waals surface area contributed by atoms with Crippen molar-refractivity contribution in [3.8, 4) is 0 Å². The maximum atomic E-state index is 13.4. The molecule has 1 N–H and O–H groups in total. The van der Waals surface area contributed by atoms with E-state index in [0.717, 1.165) is 12.1 Å². The SMILES string of the molecule is C[C@@H](Sc1nncs1)C(=O)Nc1c(F)cccc1F. The van der Waals surface area contributed by atoms with Crippen molar-refractivity contribution in [1.82, 2.24) is 10.2 Å². The zero-order valence-electron chi connectivity index (χ0n) is 9.76. The second kappa shape index (κ2) is 6.07. The van der Waals surface area contributed by atoms with Gasteiger partial charge in [-0.25, -0.2) is 8.78 Å². The summed E-state index contributed by atoms with van der Waals surface area (Å²) in [5.74, 6) is -2.10. The first-order chi connectivity index (χ1) is 9.08. The van der Waals surface area contributed by atoms with Crippen LogP contribution in [0.5, 0.6) is 0 Å². The molecule has 1 atom stereocenters. The monoisotopic (exact) mass is 301 g/mol. The lowest BCUT2D eigenvalue weighted by Crippen LogP contribution is -2.23. The first kappa shape index (κ1) is 13.9. The predicted molar refractivity (Wildman–Crippen MR) is 70.2 cm³/mol. The summed E-state index contributed by atoms with van der Waals surface area (Å²) in [5.41, 5.74) is 1.11. The molecule has 1 aromatic carbocycles. The number of benzene rings is 1. The van der Waals surface area contributed by atoms with Crippen LogP contribution >= 0.6 is 23.1 Å². The van der Waals surface area contributed by atoms with Gasteiger partial charge >= 0.3 is 0 Å². The largest absolute Gasteiger partial charge is 0.320 e. The molecule has 0 aliphatic carbocycles. The quantitative estimate of drug-likeness (QED) is 0.882. The van der Waals surface area contributed by atoms with Crippen LogP contribution in [-0.2, 0) is 4.79 Å². The van der Waals surface area contributed by atoms with Crippen LogP contribution in [0.15, 0.2) is 28.0 Å². The number of para-hydroxylation sites is 1. The normalized spacial score (nSPS) is 12.2. The van der Waals surface area contributed by atoms with E-state index in [-0.39, 0.29) is 0 Å². The third-order valence-corrected chi connectivity index (χ3v) is 4.11. The molecule has 4 nitrogen and oxygen atoms in total. The number of hydrogen-bond acceptors (Lipinski definition) is 5. The molecule has 2 rings (SSSR count). The van der Waals surface area contributed by atoms with Crippen molar-refractivity contribution in [3.05, 3.63) is 35.3 Å². The summed E-state index contributed by atoms with van der Waals surface area (Å²) in [6, 6.07) is 3.40. The fraction of sp³-hybridized carbons (Fsp3) is 0.182. The number of carbonyl (C=O) groups excluding carboxylic acids is 1. The highest BCUT2D eigenvalue weighted by Gasteiger charge is 2.19. The molecule has 8 heteroatoms. The molecule has 0 aliphatic heterocycles. The van der Waals surface area contributed by atoms with E-state index in [4.69, 9.17) is 0 Å². The van der Waals surface area contributed by atoms with Crippen molar-refractivity contribution >= 4 is 34.7 Å². The molecule has 1 aromatic heterocycles. The van der Waals surface area contributed by atoms with E-state index in [9.17, 15) is 13.6 Å². The molecule has 0 radical (unpaired) electrons. The van der Waals surface area contributed by atoms with Crippen LogP contribution in [0.1, 0.15) is 6.92 Å². The number of halogens is 2. The molecule has 100 valence electrons. The van der Waals surface area contributed by atoms with E-state index in [1.165, 1.54) is 29.2 Å². The zero-order valence-corrected chi connectivity index (χ0v) is 11.4. The number of rotatable bonds is 4. The summed E-state index contributed by atoms with van der Waals surface area (Å²) < 4.78 is 27.4. The molecular weight excluding hydrogens is 292 g/mol. The van der Waals surface area contributed by atoms with Crippen molar-refractivity contribution in [2.24, 2.45) is 0 Å².